The molecule has 1 aromatic rings. The number of hydrogen-bond acceptors (Lipinski definition) is 2. The van der Waals surface area contributed by atoms with Gasteiger partial charge >= 0.3 is 0 Å². The highest BCUT2D eigenvalue weighted by Gasteiger charge is 2.25. The molecule has 0 saturated carbocycles. The summed E-state index contributed by atoms with van der Waals surface area (Å²) in [7, 11) is 0. The quantitative estimate of drug-likeness (QED) is 0.462. The summed E-state index contributed by atoms with van der Waals surface area (Å²) < 4.78 is -0.288. The highest BCUT2D eigenvalue weighted by atomic mass is 35.6. The summed E-state index contributed by atoms with van der Waals surface area (Å²) in [5.74, 6) is 0. The fraction of sp³-hybridized carbons (Fsp3) is 0.125. The van der Waals surface area contributed by atoms with E-state index in [9.17, 15) is 4.79 Å². The van der Waals surface area contributed by atoms with Gasteiger partial charge in [-0.3, -0.25) is 9.10 Å². The first-order valence-electron chi connectivity index (χ1n) is 3.58. The summed E-state index contributed by atoms with van der Waals surface area (Å²) in [5.41, 5.74) is 0.666. The first-order valence-corrected chi connectivity index (χ1v) is 5.49. The molecule has 2 nitrogen and oxygen atoms in total. The van der Waals surface area contributed by atoms with Crippen molar-refractivity contribution in [3.63, 3.8) is 0 Å². The summed E-state index contributed by atoms with van der Waals surface area (Å²) in [6.07, 6.45) is 0.599. The molecular formula is C8H6Cl3FNOS-. The maximum Gasteiger partial charge on any atom is 0.256 e. The maximum absolute atomic E-state index is 10.7. The smallest absolute Gasteiger partial charge is 0.256 e. The largest absolute Gasteiger partial charge is 1.00 e. The number of carbonyl (C=O) groups excluding carboxylic acids is 1. The number of para-hydroxylation sites is 1. The third-order valence-corrected chi connectivity index (χ3v) is 2.63. The molecule has 0 aromatic heterocycles. The van der Waals surface area contributed by atoms with E-state index >= 15 is 0 Å². The molecule has 0 atom stereocenters. The normalized spacial score (nSPS) is 10.3. The summed E-state index contributed by atoms with van der Waals surface area (Å²) in [5, 5.41) is 0. The van der Waals surface area contributed by atoms with Crippen molar-refractivity contribution in [2.24, 2.45) is 0 Å². The molecule has 1 aromatic carbocycles. The van der Waals surface area contributed by atoms with Crippen molar-refractivity contribution >= 4 is 58.8 Å². The Morgan fingerprint density at radius 1 is 1.20 bits per heavy atom. The van der Waals surface area contributed by atoms with Crippen molar-refractivity contribution in [1.82, 2.24) is 0 Å². The minimum absolute atomic E-state index is 0. The molecular weight excluding hydrogens is 284 g/mol. The molecule has 1 amide bonds. The molecule has 0 unspecified atom stereocenters. The average molecular weight is 290 g/mol. The Hall–Kier alpha value is -0.160. The average Bonchev–Trinajstić information content (AvgIpc) is 2.14. The third kappa shape index (κ3) is 5.47. The summed E-state index contributed by atoms with van der Waals surface area (Å²) in [6, 6.07) is 8.93. The van der Waals surface area contributed by atoms with Gasteiger partial charge in [0, 0.05) is 11.9 Å². The van der Waals surface area contributed by atoms with Gasteiger partial charge in [-0.15, -0.1) is 0 Å². The highest BCUT2D eigenvalue weighted by molar-refractivity contribution is 8.06. The predicted molar refractivity (Wildman–Crippen MR) is 62.9 cm³/mol. The van der Waals surface area contributed by atoms with Gasteiger partial charge in [-0.05, 0) is 12.1 Å². The number of anilines is 1. The van der Waals surface area contributed by atoms with E-state index in [0.717, 1.165) is 11.9 Å². The summed E-state index contributed by atoms with van der Waals surface area (Å²) >= 11 is 17.5. The maximum atomic E-state index is 10.7. The number of benzene rings is 1. The van der Waals surface area contributed by atoms with Gasteiger partial charge in [0.15, 0.2) is 0 Å². The minimum atomic E-state index is -1.54. The van der Waals surface area contributed by atoms with Crippen LogP contribution in [0.4, 0.5) is 5.69 Å². The molecule has 0 bridgehead atoms. The molecule has 0 N–H and O–H groups in total. The van der Waals surface area contributed by atoms with Gasteiger partial charge in [-0.2, -0.15) is 0 Å². The van der Waals surface area contributed by atoms with Gasteiger partial charge in [0.1, 0.15) is 0 Å². The van der Waals surface area contributed by atoms with Crippen LogP contribution in [0.15, 0.2) is 30.3 Å². The molecule has 0 aliphatic carbocycles. The Balaban J connectivity index is 0.00000196. The molecule has 0 fully saturated rings. The van der Waals surface area contributed by atoms with Crippen LogP contribution in [0.5, 0.6) is 0 Å². The van der Waals surface area contributed by atoms with Crippen LogP contribution in [0.2, 0.25) is 0 Å². The number of alkyl halides is 3. The van der Waals surface area contributed by atoms with Gasteiger partial charge in [-0.1, -0.05) is 53.0 Å². The van der Waals surface area contributed by atoms with Crippen molar-refractivity contribution in [1.29, 1.82) is 0 Å². The molecule has 1 rings (SSSR count). The molecule has 84 valence electrons. The fourth-order valence-corrected chi connectivity index (χ4v) is 1.98. The van der Waals surface area contributed by atoms with Crippen LogP contribution in [0.25, 0.3) is 0 Å². The minimum Gasteiger partial charge on any atom is -1.00 e. The molecule has 0 saturated heterocycles. The topological polar surface area (TPSA) is 20.3 Å². The molecule has 0 heterocycles. The van der Waals surface area contributed by atoms with Crippen LogP contribution < -0.4 is 9.01 Å². The Bertz CT molecular complexity index is 307. The second kappa shape index (κ2) is 6.43. The van der Waals surface area contributed by atoms with Crippen molar-refractivity contribution < 1.29 is 9.50 Å². The van der Waals surface area contributed by atoms with Gasteiger partial charge in [0.2, 0.25) is 6.41 Å². The Morgan fingerprint density at radius 2 is 1.73 bits per heavy atom. The second-order valence-electron chi connectivity index (χ2n) is 2.30. The van der Waals surface area contributed by atoms with Gasteiger partial charge in [0.05, 0.1) is 5.69 Å². The Labute approximate surface area is 106 Å². The van der Waals surface area contributed by atoms with Crippen LogP contribution in [-0.4, -0.2) is 9.53 Å². The van der Waals surface area contributed by atoms with E-state index in [-0.39, 0.29) is 4.70 Å². The van der Waals surface area contributed by atoms with Gasteiger partial charge in [0.25, 0.3) is 3.12 Å². The zero-order valence-corrected chi connectivity index (χ0v) is 10.3. The predicted octanol–water partition coefficient (Wildman–Crippen LogP) is 0.629. The number of nitrogens with zero attached hydrogens (tertiary/aromatic N) is 1. The van der Waals surface area contributed by atoms with E-state index in [0.29, 0.717) is 12.1 Å². The van der Waals surface area contributed by atoms with E-state index in [1.807, 2.05) is 6.07 Å². The lowest BCUT2D eigenvalue weighted by Crippen LogP contribution is -3.00. The SMILES string of the molecule is O=CN(SC(Cl)(Cl)Cl)c1ccccc1.[F-]. The fourth-order valence-electron chi connectivity index (χ4n) is 0.822. The number of amides is 1. The Kier molecular flexibility index (Phi) is 6.36. The van der Waals surface area contributed by atoms with Crippen molar-refractivity contribution in [3.8, 4) is 0 Å². The van der Waals surface area contributed by atoms with E-state index in [4.69, 9.17) is 34.8 Å². The van der Waals surface area contributed by atoms with Crippen LogP contribution in [-0.2, 0) is 4.79 Å². The molecule has 0 aliphatic rings. The molecule has 0 aliphatic heterocycles. The standard InChI is InChI=1S/C8H6Cl3NOS.FH/c9-8(10,11)14-12(6-13)7-4-2-1-3-5-7;/h1-6H;1H/p-1. The zero-order chi connectivity index (χ0) is 10.6. The first kappa shape index (κ1) is 14.8. The van der Waals surface area contributed by atoms with Crippen LogP contribution in [0.3, 0.4) is 0 Å². The van der Waals surface area contributed by atoms with Gasteiger partial charge in [-0.25, -0.2) is 0 Å². The Morgan fingerprint density at radius 3 is 2.13 bits per heavy atom. The van der Waals surface area contributed by atoms with Crippen molar-refractivity contribution in [2.45, 2.75) is 3.12 Å². The van der Waals surface area contributed by atoms with Crippen molar-refractivity contribution in [2.75, 3.05) is 4.31 Å². The number of rotatable bonds is 3. The summed E-state index contributed by atoms with van der Waals surface area (Å²) in [6.45, 7) is 0. The molecule has 7 heteroatoms. The van der Waals surface area contributed by atoms with Crippen LogP contribution in [0.1, 0.15) is 0 Å². The van der Waals surface area contributed by atoms with E-state index in [1.54, 1.807) is 24.3 Å². The lowest BCUT2D eigenvalue weighted by atomic mass is 10.3. The van der Waals surface area contributed by atoms with E-state index in [2.05, 4.69) is 0 Å². The zero-order valence-electron chi connectivity index (χ0n) is 7.24. The van der Waals surface area contributed by atoms with E-state index < -0.39 is 3.12 Å². The number of carbonyl (C=O) groups is 1. The second-order valence-corrected chi connectivity index (χ2v) is 6.45. The van der Waals surface area contributed by atoms with E-state index in [1.165, 1.54) is 4.31 Å². The lowest BCUT2D eigenvalue weighted by molar-refractivity contribution is -0.106. The lowest BCUT2D eigenvalue weighted by Gasteiger charge is -2.19. The van der Waals surface area contributed by atoms with Gasteiger partial charge < -0.3 is 4.70 Å². The highest BCUT2D eigenvalue weighted by Crippen LogP contribution is 2.41. The molecule has 0 radical (unpaired) electrons. The van der Waals surface area contributed by atoms with Crippen LogP contribution >= 0.6 is 46.8 Å². The number of halogens is 4. The molecule has 15 heavy (non-hydrogen) atoms. The summed E-state index contributed by atoms with van der Waals surface area (Å²) in [4.78, 5) is 10.7. The van der Waals surface area contributed by atoms with Crippen LogP contribution in [0, 0.1) is 0 Å². The number of hydrogen-bond donors (Lipinski definition) is 0. The first-order chi connectivity index (χ1) is 6.53. The monoisotopic (exact) mass is 288 g/mol. The molecule has 0 spiro atoms. The van der Waals surface area contributed by atoms with Crippen molar-refractivity contribution in [3.05, 3.63) is 30.3 Å². The third-order valence-electron chi connectivity index (χ3n) is 1.31.